The fourth-order valence-corrected chi connectivity index (χ4v) is 2.69. The normalized spacial score (nSPS) is 12.2. The zero-order chi connectivity index (χ0) is 10.3. The van der Waals surface area contributed by atoms with Crippen molar-refractivity contribution < 1.29 is 5.11 Å². The molecule has 0 bridgehead atoms. The van der Waals surface area contributed by atoms with E-state index in [4.69, 9.17) is 5.73 Å². The minimum atomic E-state index is -0.324. The Morgan fingerprint density at radius 2 is 2.07 bits per heavy atom. The second-order valence-corrected chi connectivity index (χ2v) is 4.96. The molecule has 3 heteroatoms. The molecule has 74 valence electrons. The molecule has 0 saturated carbocycles. The number of phenolic OH excluding ortho intramolecular Hbond substituents is 1. The van der Waals surface area contributed by atoms with E-state index in [2.05, 4.69) is 5.38 Å². The smallest absolute Gasteiger partial charge is 0.117 e. The molecular formula is C11H13NOS. The Balaban J connectivity index is 2.70. The first kappa shape index (κ1) is 9.49. The molecule has 1 aromatic carbocycles. The molecule has 1 aromatic heterocycles. The topological polar surface area (TPSA) is 46.2 Å². The van der Waals surface area contributed by atoms with Gasteiger partial charge < -0.3 is 10.8 Å². The van der Waals surface area contributed by atoms with Gasteiger partial charge in [-0.3, -0.25) is 0 Å². The molecular weight excluding hydrogens is 194 g/mol. The van der Waals surface area contributed by atoms with Crippen LogP contribution >= 0.6 is 11.3 Å². The van der Waals surface area contributed by atoms with Gasteiger partial charge in [0, 0.05) is 10.2 Å². The van der Waals surface area contributed by atoms with Crippen LogP contribution in [0.15, 0.2) is 23.6 Å². The lowest BCUT2D eigenvalue weighted by Gasteiger charge is -2.17. The predicted octanol–water partition coefficient (Wildman–Crippen LogP) is 2.80. The molecule has 0 radical (unpaired) electrons. The van der Waals surface area contributed by atoms with E-state index in [1.165, 1.54) is 0 Å². The molecule has 0 saturated heterocycles. The van der Waals surface area contributed by atoms with Gasteiger partial charge >= 0.3 is 0 Å². The van der Waals surface area contributed by atoms with Crippen LogP contribution < -0.4 is 5.73 Å². The lowest BCUT2D eigenvalue weighted by atomic mass is 9.95. The van der Waals surface area contributed by atoms with E-state index in [1.807, 2.05) is 19.9 Å². The second-order valence-electron chi connectivity index (χ2n) is 4.05. The Kier molecular flexibility index (Phi) is 2.01. The van der Waals surface area contributed by atoms with Crippen LogP contribution in [-0.4, -0.2) is 5.11 Å². The molecule has 2 nitrogen and oxygen atoms in total. The Morgan fingerprint density at radius 1 is 1.36 bits per heavy atom. The van der Waals surface area contributed by atoms with Crippen LogP contribution in [0.2, 0.25) is 0 Å². The quantitative estimate of drug-likeness (QED) is 0.755. The Morgan fingerprint density at radius 3 is 2.71 bits per heavy atom. The van der Waals surface area contributed by atoms with Crippen LogP contribution in [0.1, 0.15) is 19.4 Å². The summed E-state index contributed by atoms with van der Waals surface area (Å²) in [6, 6.07) is 5.39. The van der Waals surface area contributed by atoms with Crippen LogP contribution in [0, 0.1) is 0 Å². The van der Waals surface area contributed by atoms with Crippen molar-refractivity contribution in [3.8, 4) is 5.75 Å². The van der Waals surface area contributed by atoms with Crippen molar-refractivity contribution in [2.24, 2.45) is 5.73 Å². The number of hydrogen-bond acceptors (Lipinski definition) is 3. The van der Waals surface area contributed by atoms with E-state index in [9.17, 15) is 5.11 Å². The van der Waals surface area contributed by atoms with Crippen LogP contribution in [-0.2, 0) is 5.54 Å². The van der Waals surface area contributed by atoms with E-state index >= 15 is 0 Å². The van der Waals surface area contributed by atoms with Crippen molar-refractivity contribution in [2.45, 2.75) is 19.4 Å². The minimum Gasteiger partial charge on any atom is -0.508 e. The fourth-order valence-electron chi connectivity index (χ4n) is 1.52. The van der Waals surface area contributed by atoms with Crippen LogP contribution in [0.5, 0.6) is 5.75 Å². The maximum atomic E-state index is 9.32. The first-order valence-electron chi connectivity index (χ1n) is 4.48. The van der Waals surface area contributed by atoms with E-state index in [1.54, 1.807) is 23.5 Å². The van der Waals surface area contributed by atoms with Crippen LogP contribution in [0.3, 0.4) is 0 Å². The van der Waals surface area contributed by atoms with E-state index in [0.717, 1.165) is 15.6 Å². The van der Waals surface area contributed by atoms with Crippen molar-refractivity contribution in [1.82, 2.24) is 0 Å². The summed E-state index contributed by atoms with van der Waals surface area (Å²) < 4.78 is 1.08. The van der Waals surface area contributed by atoms with Gasteiger partial charge in [0.2, 0.25) is 0 Å². The molecule has 0 atom stereocenters. The van der Waals surface area contributed by atoms with Gasteiger partial charge in [-0.1, -0.05) is 0 Å². The third-order valence-electron chi connectivity index (χ3n) is 2.25. The number of rotatable bonds is 1. The zero-order valence-corrected chi connectivity index (χ0v) is 9.06. The Hall–Kier alpha value is -1.06. The van der Waals surface area contributed by atoms with Gasteiger partial charge in [-0.15, -0.1) is 11.3 Å². The standard InChI is InChI=1S/C11H13NOS/c1-11(2,12)9-6-14-10-5-7(13)3-4-8(9)10/h3-6,13H,12H2,1-2H3. The van der Waals surface area contributed by atoms with Gasteiger partial charge in [0.05, 0.1) is 0 Å². The molecule has 2 aromatic rings. The highest BCUT2D eigenvalue weighted by Crippen LogP contribution is 2.33. The van der Waals surface area contributed by atoms with Gasteiger partial charge in [0.25, 0.3) is 0 Å². The highest BCUT2D eigenvalue weighted by molar-refractivity contribution is 7.17. The summed E-state index contributed by atoms with van der Waals surface area (Å²) in [5.41, 5.74) is 6.86. The number of hydrogen-bond donors (Lipinski definition) is 2. The van der Waals surface area contributed by atoms with Crippen molar-refractivity contribution in [2.75, 3.05) is 0 Å². The van der Waals surface area contributed by atoms with E-state index in [0.29, 0.717) is 5.75 Å². The van der Waals surface area contributed by atoms with Crippen LogP contribution in [0.25, 0.3) is 10.1 Å². The van der Waals surface area contributed by atoms with Crippen molar-refractivity contribution in [3.63, 3.8) is 0 Å². The maximum absolute atomic E-state index is 9.32. The summed E-state index contributed by atoms with van der Waals surface area (Å²) in [4.78, 5) is 0. The third-order valence-corrected chi connectivity index (χ3v) is 3.20. The number of thiophene rings is 1. The van der Waals surface area contributed by atoms with Gasteiger partial charge in [0.15, 0.2) is 0 Å². The average molecular weight is 207 g/mol. The summed E-state index contributed by atoms with van der Waals surface area (Å²) in [6.45, 7) is 3.97. The zero-order valence-electron chi connectivity index (χ0n) is 8.24. The Labute approximate surface area is 87.0 Å². The molecule has 1 heterocycles. The SMILES string of the molecule is CC(C)(N)c1csc2cc(O)ccc12. The predicted molar refractivity (Wildman–Crippen MR) is 60.7 cm³/mol. The number of nitrogens with two attached hydrogens (primary N) is 1. The number of phenols is 1. The molecule has 0 unspecified atom stereocenters. The lowest BCUT2D eigenvalue weighted by molar-refractivity contribution is 0.476. The Bertz CT molecular complexity index is 468. The molecule has 14 heavy (non-hydrogen) atoms. The van der Waals surface area contributed by atoms with Gasteiger partial charge in [-0.25, -0.2) is 0 Å². The van der Waals surface area contributed by atoms with Gasteiger partial charge in [0.1, 0.15) is 5.75 Å². The summed E-state index contributed by atoms with van der Waals surface area (Å²) >= 11 is 1.61. The first-order valence-corrected chi connectivity index (χ1v) is 5.36. The monoisotopic (exact) mass is 207 g/mol. The fraction of sp³-hybridized carbons (Fsp3) is 0.273. The molecule has 3 N–H and O–H groups in total. The van der Waals surface area contributed by atoms with Crippen LogP contribution in [0.4, 0.5) is 0 Å². The molecule has 0 aliphatic heterocycles. The molecule has 0 aliphatic carbocycles. The summed E-state index contributed by atoms with van der Waals surface area (Å²) in [6.07, 6.45) is 0. The van der Waals surface area contributed by atoms with E-state index in [-0.39, 0.29) is 5.54 Å². The highest BCUT2D eigenvalue weighted by Gasteiger charge is 2.18. The summed E-state index contributed by atoms with van der Waals surface area (Å²) in [5, 5.41) is 12.5. The molecule has 0 fully saturated rings. The first-order chi connectivity index (χ1) is 6.48. The lowest BCUT2D eigenvalue weighted by Crippen LogP contribution is -2.28. The average Bonchev–Trinajstić information content (AvgIpc) is 2.45. The highest BCUT2D eigenvalue weighted by atomic mass is 32.1. The largest absolute Gasteiger partial charge is 0.508 e. The maximum Gasteiger partial charge on any atom is 0.117 e. The summed E-state index contributed by atoms with van der Waals surface area (Å²) in [7, 11) is 0. The van der Waals surface area contributed by atoms with Crippen molar-refractivity contribution in [3.05, 3.63) is 29.1 Å². The second kappa shape index (κ2) is 2.97. The van der Waals surface area contributed by atoms with Crippen molar-refractivity contribution in [1.29, 1.82) is 0 Å². The van der Waals surface area contributed by atoms with Crippen molar-refractivity contribution >= 4 is 21.4 Å². The number of fused-ring (bicyclic) bond motifs is 1. The molecule has 0 amide bonds. The molecule has 0 aliphatic rings. The number of aromatic hydroxyl groups is 1. The summed E-state index contributed by atoms with van der Waals surface area (Å²) in [5.74, 6) is 0.306. The minimum absolute atomic E-state index is 0.306. The van der Waals surface area contributed by atoms with Gasteiger partial charge in [-0.2, -0.15) is 0 Å². The third kappa shape index (κ3) is 1.49. The van der Waals surface area contributed by atoms with E-state index < -0.39 is 0 Å². The number of benzene rings is 1. The van der Waals surface area contributed by atoms with Gasteiger partial charge in [-0.05, 0) is 48.4 Å². The molecule has 0 spiro atoms. The molecule has 2 rings (SSSR count).